The summed E-state index contributed by atoms with van der Waals surface area (Å²) in [6.07, 6.45) is 0. The van der Waals surface area contributed by atoms with Gasteiger partial charge in [-0.25, -0.2) is 4.79 Å². The van der Waals surface area contributed by atoms with Crippen LogP contribution in [0, 0.1) is 0 Å². The summed E-state index contributed by atoms with van der Waals surface area (Å²) in [5.41, 5.74) is 8.36. The van der Waals surface area contributed by atoms with E-state index in [4.69, 9.17) is 5.73 Å². The minimum atomic E-state index is -0.500. The van der Waals surface area contributed by atoms with Gasteiger partial charge in [0.1, 0.15) is 5.75 Å². The predicted molar refractivity (Wildman–Crippen MR) is 84.4 cm³/mol. The lowest BCUT2D eigenvalue weighted by molar-refractivity contribution is 0.253. The highest BCUT2D eigenvalue weighted by molar-refractivity contribution is 5.90. The first-order valence-electron chi connectivity index (χ1n) is 6.92. The van der Waals surface area contributed by atoms with Crippen LogP contribution in [0.2, 0.25) is 0 Å². The van der Waals surface area contributed by atoms with Crippen molar-refractivity contribution in [2.24, 2.45) is 5.73 Å². The molecule has 110 valence electrons. The number of rotatable bonds is 4. The van der Waals surface area contributed by atoms with Crippen LogP contribution in [0.4, 0.5) is 10.5 Å². The minimum absolute atomic E-state index is 0.200. The van der Waals surface area contributed by atoms with Crippen molar-refractivity contribution in [1.29, 1.82) is 0 Å². The molecule has 0 saturated carbocycles. The molecule has 0 aromatic heterocycles. The highest BCUT2D eigenvalue weighted by atomic mass is 16.3. The van der Waals surface area contributed by atoms with E-state index < -0.39 is 6.03 Å². The molecule has 0 saturated heterocycles. The van der Waals surface area contributed by atoms with E-state index in [-0.39, 0.29) is 5.75 Å². The van der Waals surface area contributed by atoms with Crippen molar-refractivity contribution in [3.8, 4) is 5.75 Å². The summed E-state index contributed by atoms with van der Waals surface area (Å²) in [5, 5.41) is 9.29. The molecule has 0 aliphatic rings. The van der Waals surface area contributed by atoms with Gasteiger partial charge in [0.05, 0.1) is 6.54 Å². The Morgan fingerprint density at radius 3 is 2.14 bits per heavy atom. The Bertz CT molecular complexity index is 604. The second kappa shape index (κ2) is 6.31. The van der Waals surface area contributed by atoms with Crippen molar-refractivity contribution in [3.63, 3.8) is 0 Å². The van der Waals surface area contributed by atoms with Crippen LogP contribution < -0.4 is 10.6 Å². The van der Waals surface area contributed by atoms with Gasteiger partial charge in [-0.15, -0.1) is 0 Å². The standard InChI is InChI=1S/C17H20N2O2/c1-12(2)14-5-7-15(8-6-14)19(17(18)21)11-13-3-9-16(20)10-4-13/h3-10,12,20H,11H2,1-2H3,(H2,18,21). The Kier molecular flexibility index (Phi) is 4.48. The van der Waals surface area contributed by atoms with Crippen molar-refractivity contribution in [2.45, 2.75) is 26.3 Å². The average molecular weight is 284 g/mol. The highest BCUT2D eigenvalue weighted by Crippen LogP contribution is 2.22. The smallest absolute Gasteiger partial charge is 0.319 e. The van der Waals surface area contributed by atoms with Crippen LogP contribution in [-0.2, 0) is 6.54 Å². The van der Waals surface area contributed by atoms with Gasteiger partial charge in [0.25, 0.3) is 0 Å². The van der Waals surface area contributed by atoms with Crippen molar-refractivity contribution in [3.05, 3.63) is 59.7 Å². The molecule has 4 nitrogen and oxygen atoms in total. The molecule has 21 heavy (non-hydrogen) atoms. The lowest BCUT2D eigenvalue weighted by Gasteiger charge is -2.21. The van der Waals surface area contributed by atoms with Gasteiger partial charge in [-0.3, -0.25) is 4.90 Å². The molecule has 0 atom stereocenters. The number of aromatic hydroxyl groups is 1. The zero-order chi connectivity index (χ0) is 15.4. The molecule has 0 radical (unpaired) electrons. The molecular formula is C17H20N2O2. The first-order chi connectivity index (χ1) is 9.97. The molecule has 0 spiro atoms. The zero-order valence-electron chi connectivity index (χ0n) is 12.3. The fraction of sp³-hybridized carbons (Fsp3) is 0.235. The number of carbonyl (C=O) groups excluding carboxylic acids is 1. The van der Waals surface area contributed by atoms with Crippen molar-refractivity contribution >= 4 is 11.7 Å². The van der Waals surface area contributed by atoms with Gasteiger partial charge in [0, 0.05) is 5.69 Å². The minimum Gasteiger partial charge on any atom is -0.508 e. The van der Waals surface area contributed by atoms with Crippen LogP contribution in [0.5, 0.6) is 5.75 Å². The summed E-state index contributed by atoms with van der Waals surface area (Å²) in [6, 6.07) is 14.1. The van der Waals surface area contributed by atoms with Crippen LogP contribution in [0.25, 0.3) is 0 Å². The molecule has 0 aliphatic heterocycles. The maximum atomic E-state index is 11.7. The first kappa shape index (κ1) is 14.9. The molecular weight excluding hydrogens is 264 g/mol. The predicted octanol–water partition coefficient (Wildman–Crippen LogP) is 3.60. The second-order valence-electron chi connectivity index (χ2n) is 5.34. The number of carbonyl (C=O) groups is 1. The number of phenols is 1. The van der Waals surface area contributed by atoms with E-state index in [1.54, 1.807) is 24.3 Å². The molecule has 3 N–H and O–H groups in total. The first-order valence-corrected chi connectivity index (χ1v) is 6.92. The van der Waals surface area contributed by atoms with E-state index in [0.717, 1.165) is 11.3 Å². The fourth-order valence-electron chi connectivity index (χ4n) is 2.12. The van der Waals surface area contributed by atoms with E-state index in [0.29, 0.717) is 12.5 Å². The SMILES string of the molecule is CC(C)c1ccc(N(Cc2ccc(O)cc2)C(N)=O)cc1. The number of amides is 2. The van der Waals surface area contributed by atoms with E-state index in [1.165, 1.54) is 10.5 Å². The van der Waals surface area contributed by atoms with Crippen LogP contribution >= 0.6 is 0 Å². The summed E-state index contributed by atoms with van der Waals surface area (Å²) < 4.78 is 0. The van der Waals surface area contributed by atoms with Crippen LogP contribution in [0.15, 0.2) is 48.5 Å². The van der Waals surface area contributed by atoms with Crippen LogP contribution in [0.3, 0.4) is 0 Å². The van der Waals surface area contributed by atoms with Crippen LogP contribution in [0.1, 0.15) is 30.9 Å². The monoisotopic (exact) mass is 284 g/mol. The Morgan fingerprint density at radius 1 is 1.10 bits per heavy atom. The molecule has 0 bridgehead atoms. The number of nitrogens with zero attached hydrogens (tertiary/aromatic N) is 1. The molecule has 2 amide bonds. The molecule has 2 rings (SSSR count). The molecule has 0 heterocycles. The number of nitrogens with two attached hydrogens (primary N) is 1. The van der Waals surface area contributed by atoms with E-state index in [2.05, 4.69) is 13.8 Å². The Morgan fingerprint density at radius 2 is 1.67 bits per heavy atom. The number of benzene rings is 2. The van der Waals surface area contributed by atoms with E-state index >= 15 is 0 Å². The van der Waals surface area contributed by atoms with Gasteiger partial charge in [0.15, 0.2) is 0 Å². The van der Waals surface area contributed by atoms with E-state index in [9.17, 15) is 9.90 Å². The lowest BCUT2D eigenvalue weighted by atomic mass is 10.0. The van der Waals surface area contributed by atoms with Gasteiger partial charge in [0.2, 0.25) is 0 Å². The fourth-order valence-corrected chi connectivity index (χ4v) is 2.12. The Balaban J connectivity index is 2.22. The molecule has 4 heteroatoms. The average Bonchev–Trinajstić information content (AvgIpc) is 2.46. The summed E-state index contributed by atoms with van der Waals surface area (Å²) in [5.74, 6) is 0.642. The third-order valence-electron chi connectivity index (χ3n) is 3.41. The normalized spacial score (nSPS) is 10.6. The maximum Gasteiger partial charge on any atom is 0.319 e. The highest BCUT2D eigenvalue weighted by Gasteiger charge is 2.13. The largest absolute Gasteiger partial charge is 0.508 e. The summed E-state index contributed by atoms with van der Waals surface area (Å²) in [4.78, 5) is 13.2. The molecule has 2 aromatic rings. The number of primary amides is 1. The zero-order valence-corrected chi connectivity index (χ0v) is 12.3. The molecule has 2 aromatic carbocycles. The number of urea groups is 1. The van der Waals surface area contributed by atoms with Gasteiger partial charge >= 0.3 is 6.03 Å². The second-order valence-corrected chi connectivity index (χ2v) is 5.34. The lowest BCUT2D eigenvalue weighted by Crippen LogP contribution is -2.35. The summed E-state index contributed by atoms with van der Waals surface area (Å²) in [6.45, 7) is 4.62. The van der Waals surface area contributed by atoms with Gasteiger partial charge < -0.3 is 10.8 Å². The molecule has 0 aliphatic carbocycles. The van der Waals surface area contributed by atoms with Gasteiger partial charge in [-0.05, 0) is 41.3 Å². The van der Waals surface area contributed by atoms with Crippen molar-refractivity contribution in [1.82, 2.24) is 0 Å². The number of phenolic OH excluding ortho intramolecular Hbond substituents is 1. The topological polar surface area (TPSA) is 66.6 Å². The van der Waals surface area contributed by atoms with Crippen LogP contribution in [-0.4, -0.2) is 11.1 Å². The summed E-state index contributed by atoms with van der Waals surface area (Å²) >= 11 is 0. The van der Waals surface area contributed by atoms with Crippen molar-refractivity contribution in [2.75, 3.05) is 4.90 Å². The Labute approximate surface area is 124 Å². The molecule has 0 unspecified atom stereocenters. The summed E-state index contributed by atoms with van der Waals surface area (Å²) in [7, 11) is 0. The molecule has 0 fully saturated rings. The Hall–Kier alpha value is -2.49. The quantitative estimate of drug-likeness (QED) is 0.900. The maximum absolute atomic E-state index is 11.7. The third kappa shape index (κ3) is 3.75. The third-order valence-corrected chi connectivity index (χ3v) is 3.41. The number of hydrogen-bond donors (Lipinski definition) is 2. The number of anilines is 1. The van der Waals surface area contributed by atoms with E-state index in [1.807, 2.05) is 24.3 Å². The van der Waals surface area contributed by atoms with Gasteiger partial charge in [-0.1, -0.05) is 38.1 Å². The van der Waals surface area contributed by atoms with Crippen molar-refractivity contribution < 1.29 is 9.90 Å². The van der Waals surface area contributed by atoms with Gasteiger partial charge in [-0.2, -0.15) is 0 Å². The number of hydrogen-bond acceptors (Lipinski definition) is 2.